The summed E-state index contributed by atoms with van der Waals surface area (Å²) in [4.78, 5) is 5.05. The highest BCUT2D eigenvalue weighted by Crippen LogP contribution is 2.61. The molecule has 3 aromatic heterocycles. The summed E-state index contributed by atoms with van der Waals surface area (Å²) < 4.78 is 30.8. The minimum Gasteiger partial charge on any atom is -0.393 e. The third-order valence-electron chi connectivity index (χ3n) is 8.49. The quantitative estimate of drug-likeness (QED) is 0.336. The molecule has 9 heteroatoms. The Hall–Kier alpha value is -3.56. The zero-order chi connectivity index (χ0) is 28.2. The van der Waals surface area contributed by atoms with Gasteiger partial charge in [0.1, 0.15) is 17.2 Å². The standard InChI is InChI=1S/C30H33F2N5O2/c1-6-20-19-13-24(26-21(31)9-7-10-22(26)32)35-36-27(19)30(5,28(20,2)3)25-12-8-11-23(34-25)18-14-33-37(15-18)16-29(4,39)17-38/h7-15,20,38-39H,6,16-17H2,1-5H3/t20-,29+,30-/m0/s1. The highest BCUT2D eigenvalue weighted by molar-refractivity contribution is 5.64. The van der Waals surface area contributed by atoms with Crippen LogP contribution in [0.5, 0.6) is 0 Å². The topological polar surface area (TPSA) is 97.0 Å². The van der Waals surface area contributed by atoms with E-state index < -0.39 is 22.7 Å². The van der Waals surface area contributed by atoms with Crippen molar-refractivity contribution in [2.75, 3.05) is 6.61 Å². The van der Waals surface area contributed by atoms with E-state index >= 15 is 0 Å². The Kier molecular flexibility index (Phi) is 6.63. The van der Waals surface area contributed by atoms with E-state index in [9.17, 15) is 19.0 Å². The molecular formula is C30H33F2N5O2. The predicted molar refractivity (Wildman–Crippen MR) is 144 cm³/mol. The van der Waals surface area contributed by atoms with Crippen molar-refractivity contribution in [2.45, 2.75) is 64.5 Å². The molecule has 0 radical (unpaired) electrons. The van der Waals surface area contributed by atoms with Crippen molar-refractivity contribution >= 4 is 0 Å². The summed E-state index contributed by atoms with van der Waals surface area (Å²) in [6.45, 7) is 9.86. The largest absolute Gasteiger partial charge is 0.393 e. The SMILES string of the molecule is CC[C@H]1c2cc(-c3c(F)cccc3F)nnc2[C@](C)(c2cccc(-c3cnn(C[C@@](C)(O)CO)c3)n2)C1(C)C. The first-order valence-electron chi connectivity index (χ1n) is 13.1. The Balaban J connectivity index is 1.60. The number of aromatic nitrogens is 5. The van der Waals surface area contributed by atoms with Gasteiger partial charge in [0.15, 0.2) is 0 Å². The number of hydrogen-bond donors (Lipinski definition) is 2. The third kappa shape index (κ3) is 4.33. The molecule has 7 nitrogen and oxygen atoms in total. The summed E-state index contributed by atoms with van der Waals surface area (Å²) in [6, 6.07) is 11.4. The number of rotatable bonds is 7. The van der Waals surface area contributed by atoms with Crippen molar-refractivity contribution in [2.24, 2.45) is 5.41 Å². The van der Waals surface area contributed by atoms with Gasteiger partial charge in [-0.05, 0) is 67.5 Å². The van der Waals surface area contributed by atoms with E-state index in [0.717, 1.165) is 28.9 Å². The van der Waals surface area contributed by atoms with Gasteiger partial charge in [0, 0.05) is 11.8 Å². The Morgan fingerprint density at radius 1 is 1.03 bits per heavy atom. The van der Waals surface area contributed by atoms with Crippen molar-refractivity contribution in [3.05, 3.63) is 83.4 Å². The van der Waals surface area contributed by atoms with Crippen molar-refractivity contribution in [3.8, 4) is 22.5 Å². The van der Waals surface area contributed by atoms with Crippen LogP contribution >= 0.6 is 0 Å². The predicted octanol–water partition coefficient (Wildman–Crippen LogP) is 5.26. The molecule has 0 saturated heterocycles. The highest BCUT2D eigenvalue weighted by atomic mass is 19.1. The first kappa shape index (κ1) is 27.0. The first-order valence-corrected chi connectivity index (χ1v) is 13.1. The van der Waals surface area contributed by atoms with Crippen LogP contribution in [0.1, 0.15) is 63.9 Å². The van der Waals surface area contributed by atoms with E-state index in [1.807, 2.05) is 18.2 Å². The van der Waals surface area contributed by atoms with Crippen molar-refractivity contribution in [1.82, 2.24) is 25.0 Å². The van der Waals surface area contributed by atoms with E-state index in [1.54, 1.807) is 30.1 Å². The molecule has 1 aliphatic rings. The second-order valence-electron chi connectivity index (χ2n) is 11.4. The molecule has 5 rings (SSSR count). The van der Waals surface area contributed by atoms with Gasteiger partial charge >= 0.3 is 0 Å². The number of halogens is 2. The fourth-order valence-corrected chi connectivity index (χ4v) is 6.00. The van der Waals surface area contributed by atoms with Gasteiger partial charge in [-0.3, -0.25) is 9.67 Å². The average Bonchev–Trinajstić information content (AvgIpc) is 3.42. The van der Waals surface area contributed by atoms with Gasteiger partial charge < -0.3 is 10.2 Å². The van der Waals surface area contributed by atoms with Gasteiger partial charge in [0.05, 0.1) is 53.1 Å². The molecule has 3 atom stereocenters. The molecule has 0 bridgehead atoms. The lowest BCUT2D eigenvalue weighted by Crippen LogP contribution is -2.39. The molecule has 2 N–H and O–H groups in total. The summed E-state index contributed by atoms with van der Waals surface area (Å²) in [5.41, 5.74) is 1.67. The van der Waals surface area contributed by atoms with Crippen molar-refractivity contribution < 1.29 is 19.0 Å². The van der Waals surface area contributed by atoms with Crippen LogP contribution in [-0.2, 0) is 12.0 Å². The zero-order valence-corrected chi connectivity index (χ0v) is 22.8. The Labute approximate surface area is 226 Å². The third-order valence-corrected chi connectivity index (χ3v) is 8.49. The summed E-state index contributed by atoms with van der Waals surface area (Å²) in [7, 11) is 0. The first-order chi connectivity index (χ1) is 18.4. The zero-order valence-electron chi connectivity index (χ0n) is 22.8. The Morgan fingerprint density at radius 3 is 2.38 bits per heavy atom. The molecule has 4 aromatic rings. The van der Waals surface area contributed by atoms with Crippen LogP contribution in [0.2, 0.25) is 0 Å². The molecule has 0 amide bonds. The number of nitrogens with zero attached hydrogens (tertiary/aromatic N) is 5. The molecule has 3 heterocycles. The molecule has 0 fully saturated rings. The van der Waals surface area contributed by atoms with Crippen molar-refractivity contribution in [1.29, 1.82) is 0 Å². The van der Waals surface area contributed by atoms with Crippen LogP contribution in [0.25, 0.3) is 22.5 Å². The van der Waals surface area contributed by atoms with Gasteiger partial charge in [-0.25, -0.2) is 8.78 Å². The number of fused-ring (bicyclic) bond motifs is 1. The molecule has 0 aliphatic heterocycles. The van der Waals surface area contributed by atoms with E-state index in [4.69, 9.17) is 4.98 Å². The number of hydrogen-bond acceptors (Lipinski definition) is 6. The molecule has 204 valence electrons. The molecule has 39 heavy (non-hydrogen) atoms. The molecule has 1 aromatic carbocycles. The Morgan fingerprint density at radius 2 is 1.72 bits per heavy atom. The molecule has 1 aliphatic carbocycles. The van der Waals surface area contributed by atoms with Crippen molar-refractivity contribution in [3.63, 3.8) is 0 Å². The van der Waals surface area contributed by atoms with E-state index in [2.05, 4.69) is 43.0 Å². The van der Waals surface area contributed by atoms with Crippen LogP contribution in [0.15, 0.2) is 54.9 Å². The molecule has 0 unspecified atom stereocenters. The second-order valence-corrected chi connectivity index (χ2v) is 11.4. The highest BCUT2D eigenvalue weighted by Gasteiger charge is 2.57. The fraction of sp³-hybridized carbons (Fsp3) is 0.400. The van der Waals surface area contributed by atoms with Gasteiger partial charge in [-0.15, -0.1) is 5.10 Å². The summed E-state index contributed by atoms with van der Waals surface area (Å²) >= 11 is 0. The van der Waals surface area contributed by atoms with Crippen LogP contribution < -0.4 is 0 Å². The van der Waals surface area contributed by atoms with Gasteiger partial charge in [0.2, 0.25) is 0 Å². The summed E-state index contributed by atoms with van der Waals surface area (Å²) in [6.07, 6.45) is 4.27. The maximum Gasteiger partial charge on any atom is 0.135 e. The lowest BCUT2D eigenvalue weighted by molar-refractivity contribution is -0.0145. The lowest BCUT2D eigenvalue weighted by atomic mass is 9.62. The van der Waals surface area contributed by atoms with E-state index in [1.165, 1.54) is 18.2 Å². The maximum absolute atomic E-state index is 14.6. The lowest BCUT2D eigenvalue weighted by Gasteiger charge is -2.41. The van der Waals surface area contributed by atoms with Crippen LogP contribution in [-0.4, -0.2) is 47.4 Å². The molecule has 0 spiro atoms. The number of aliphatic hydroxyl groups is 2. The van der Waals surface area contributed by atoms with Gasteiger partial charge in [-0.2, -0.15) is 10.2 Å². The van der Waals surface area contributed by atoms with E-state index in [0.29, 0.717) is 5.69 Å². The number of benzene rings is 1. The minimum absolute atomic E-state index is 0.0514. The number of pyridine rings is 1. The van der Waals surface area contributed by atoms with Gasteiger partial charge in [-0.1, -0.05) is 32.9 Å². The monoisotopic (exact) mass is 533 g/mol. The number of aliphatic hydroxyl groups excluding tert-OH is 1. The maximum atomic E-state index is 14.6. The van der Waals surface area contributed by atoms with Crippen LogP contribution in [0.4, 0.5) is 8.78 Å². The normalized spacial score (nSPS) is 21.5. The Bertz CT molecular complexity index is 1510. The summed E-state index contributed by atoms with van der Waals surface area (Å²) in [5, 5.41) is 32.9. The minimum atomic E-state index is -1.29. The average molecular weight is 534 g/mol. The van der Waals surface area contributed by atoms with E-state index in [-0.39, 0.29) is 35.7 Å². The smallest absolute Gasteiger partial charge is 0.135 e. The van der Waals surface area contributed by atoms with Crippen LogP contribution in [0.3, 0.4) is 0 Å². The van der Waals surface area contributed by atoms with Gasteiger partial charge in [0.25, 0.3) is 0 Å². The molecular weight excluding hydrogens is 500 g/mol. The van der Waals surface area contributed by atoms with Crippen LogP contribution in [0, 0.1) is 17.0 Å². The fourth-order valence-electron chi connectivity index (χ4n) is 6.00. The summed E-state index contributed by atoms with van der Waals surface area (Å²) in [5.74, 6) is -1.30. The molecule has 0 saturated carbocycles. The second kappa shape index (κ2) is 9.57.